The van der Waals surface area contributed by atoms with Crippen molar-refractivity contribution in [1.82, 2.24) is 15.3 Å². The molecule has 1 amide bonds. The van der Waals surface area contributed by atoms with Gasteiger partial charge in [0.25, 0.3) is 5.91 Å². The Hall–Kier alpha value is -3.42. The van der Waals surface area contributed by atoms with Gasteiger partial charge < -0.3 is 15.0 Å². The Labute approximate surface area is 196 Å². The van der Waals surface area contributed by atoms with Crippen LogP contribution in [0, 0.1) is 0 Å². The topological polar surface area (TPSA) is 79.0 Å². The Kier molecular flexibility index (Phi) is 6.68. The van der Waals surface area contributed by atoms with Crippen molar-refractivity contribution in [2.75, 3.05) is 11.9 Å². The number of rotatable bonds is 6. The summed E-state index contributed by atoms with van der Waals surface area (Å²) in [6.45, 7) is 2.61. The van der Waals surface area contributed by atoms with Crippen LogP contribution in [0.15, 0.2) is 66.7 Å². The molecule has 1 heterocycles. The molecule has 0 radical (unpaired) electrons. The van der Waals surface area contributed by atoms with E-state index in [0.29, 0.717) is 34.5 Å². The molecule has 3 aromatic carbocycles. The summed E-state index contributed by atoms with van der Waals surface area (Å²) in [5.41, 5.74) is 3.67. The first-order chi connectivity index (χ1) is 15.5. The predicted octanol–water partition coefficient (Wildman–Crippen LogP) is 5.80. The van der Waals surface area contributed by atoms with Crippen LogP contribution in [0.1, 0.15) is 23.7 Å². The SMILES string of the molecule is CCCOc1cccc(C(=O)NC(=S)Nc2cc(-c3nc4ccccc4[nH]3)ccc2Cl)c1. The lowest BCUT2D eigenvalue weighted by molar-refractivity contribution is 0.0977. The van der Waals surface area contributed by atoms with Gasteiger partial charge in [0, 0.05) is 11.1 Å². The summed E-state index contributed by atoms with van der Waals surface area (Å²) in [5.74, 6) is 1.01. The molecule has 0 bridgehead atoms. The number of anilines is 1. The normalized spacial score (nSPS) is 10.7. The first kappa shape index (κ1) is 21.8. The van der Waals surface area contributed by atoms with Gasteiger partial charge in [0.15, 0.2) is 5.11 Å². The van der Waals surface area contributed by atoms with E-state index in [1.807, 2.05) is 49.4 Å². The molecule has 0 aliphatic carbocycles. The van der Waals surface area contributed by atoms with Crippen LogP contribution in [0.25, 0.3) is 22.4 Å². The zero-order valence-corrected chi connectivity index (χ0v) is 18.9. The number of nitrogens with zero attached hydrogens (tertiary/aromatic N) is 1. The van der Waals surface area contributed by atoms with Gasteiger partial charge in [0.1, 0.15) is 11.6 Å². The number of carbonyl (C=O) groups is 1. The second kappa shape index (κ2) is 9.80. The number of aromatic amines is 1. The molecule has 162 valence electrons. The van der Waals surface area contributed by atoms with Gasteiger partial charge in [-0.25, -0.2) is 4.98 Å². The van der Waals surface area contributed by atoms with Crippen molar-refractivity contribution in [3.63, 3.8) is 0 Å². The summed E-state index contributed by atoms with van der Waals surface area (Å²) in [7, 11) is 0. The van der Waals surface area contributed by atoms with Crippen molar-refractivity contribution in [1.29, 1.82) is 0 Å². The molecule has 8 heteroatoms. The van der Waals surface area contributed by atoms with E-state index >= 15 is 0 Å². The molecule has 0 aliphatic heterocycles. The summed E-state index contributed by atoms with van der Waals surface area (Å²) < 4.78 is 5.58. The van der Waals surface area contributed by atoms with E-state index in [1.54, 1.807) is 24.3 Å². The Morgan fingerprint density at radius 2 is 1.97 bits per heavy atom. The monoisotopic (exact) mass is 464 g/mol. The van der Waals surface area contributed by atoms with E-state index in [1.165, 1.54) is 0 Å². The van der Waals surface area contributed by atoms with Crippen molar-refractivity contribution < 1.29 is 9.53 Å². The molecule has 0 aliphatic rings. The van der Waals surface area contributed by atoms with Crippen molar-refractivity contribution in [3.8, 4) is 17.1 Å². The number of amides is 1. The highest BCUT2D eigenvalue weighted by molar-refractivity contribution is 7.80. The molecule has 0 atom stereocenters. The maximum atomic E-state index is 12.6. The van der Waals surface area contributed by atoms with Gasteiger partial charge in [-0.2, -0.15) is 0 Å². The summed E-state index contributed by atoms with van der Waals surface area (Å²) >= 11 is 11.7. The van der Waals surface area contributed by atoms with E-state index in [2.05, 4.69) is 20.6 Å². The van der Waals surface area contributed by atoms with E-state index in [-0.39, 0.29) is 11.0 Å². The Morgan fingerprint density at radius 1 is 1.12 bits per heavy atom. The highest BCUT2D eigenvalue weighted by atomic mass is 35.5. The molecule has 1 aromatic heterocycles. The number of hydrogen-bond donors (Lipinski definition) is 3. The van der Waals surface area contributed by atoms with Crippen LogP contribution in [0.5, 0.6) is 5.75 Å². The lowest BCUT2D eigenvalue weighted by Crippen LogP contribution is -2.34. The first-order valence-corrected chi connectivity index (χ1v) is 10.9. The molecule has 0 unspecified atom stereocenters. The molecule has 0 spiro atoms. The number of fused-ring (bicyclic) bond motifs is 1. The van der Waals surface area contributed by atoms with Crippen LogP contribution in [-0.2, 0) is 0 Å². The van der Waals surface area contributed by atoms with Crippen LogP contribution in [0.3, 0.4) is 0 Å². The molecule has 3 N–H and O–H groups in total. The maximum absolute atomic E-state index is 12.6. The summed E-state index contributed by atoms with van der Waals surface area (Å²) in [5, 5.41) is 6.28. The van der Waals surface area contributed by atoms with Crippen molar-refractivity contribution in [3.05, 3.63) is 77.3 Å². The third-order valence-corrected chi connectivity index (χ3v) is 5.21. The number of ether oxygens (including phenoxy) is 1. The molecule has 0 saturated carbocycles. The standard InChI is InChI=1S/C24H21ClN4O2S/c1-2-12-31-17-7-5-6-16(13-17)23(30)29-24(32)28-21-14-15(10-11-18(21)25)22-26-19-8-3-4-9-20(19)27-22/h3-11,13-14H,2,12H2,1H3,(H,26,27)(H2,28,29,30,32). The number of H-pyrrole nitrogens is 1. The average Bonchev–Trinajstić information content (AvgIpc) is 3.23. The molecule has 4 aromatic rings. The zero-order valence-electron chi connectivity index (χ0n) is 17.3. The van der Waals surface area contributed by atoms with Crippen molar-refractivity contribution in [2.24, 2.45) is 0 Å². The Balaban J connectivity index is 1.47. The van der Waals surface area contributed by atoms with E-state index in [0.717, 1.165) is 23.0 Å². The fourth-order valence-corrected chi connectivity index (χ4v) is 3.50. The minimum absolute atomic E-state index is 0.138. The number of thiocarbonyl (C=S) groups is 1. The number of para-hydroxylation sites is 2. The molecule has 0 saturated heterocycles. The van der Waals surface area contributed by atoms with Gasteiger partial charge in [0.05, 0.1) is 28.4 Å². The molecular weight excluding hydrogens is 444 g/mol. The Morgan fingerprint density at radius 3 is 2.78 bits per heavy atom. The van der Waals surface area contributed by atoms with Crippen LogP contribution in [-0.4, -0.2) is 27.6 Å². The summed E-state index contributed by atoms with van der Waals surface area (Å²) in [6, 6.07) is 20.2. The third-order valence-electron chi connectivity index (χ3n) is 4.67. The highest BCUT2D eigenvalue weighted by Gasteiger charge is 2.12. The largest absolute Gasteiger partial charge is 0.494 e. The van der Waals surface area contributed by atoms with Crippen molar-refractivity contribution >= 4 is 51.6 Å². The average molecular weight is 465 g/mol. The van der Waals surface area contributed by atoms with E-state index in [9.17, 15) is 4.79 Å². The predicted molar refractivity (Wildman–Crippen MR) is 132 cm³/mol. The van der Waals surface area contributed by atoms with Gasteiger partial charge in [-0.05, 0) is 67.2 Å². The second-order valence-corrected chi connectivity index (χ2v) is 7.90. The summed E-state index contributed by atoms with van der Waals surface area (Å²) in [4.78, 5) is 20.5. The number of benzene rings is 3. The summed E-state index contributed by atoms with van der Waals surface area (Å²) in [6.07, 6.45) is 0.887. The van der Waals surface area contributed by atoms with E-state index in [4.69, 9.17) is 28.6 Å². The molecule has 32 heavy (non-hydrogen) atoms. The number of hydrogen-bond acceptors (Lipinski definition) is 4. The van der Waals surface area contributed by atoms with Crippen molar-refractivity contribution in [2.45, 2.75) is 13.3 Å². The highest BCUT2D eigenvalue weighted by Crippen LogP contribution is 2.28. The zero-order chi connectivity index (χ0) is 22.5. The van der Waals surface area contributed by atoms with Crippen LogP contribution in [0.4, 0.5) is 5.69 Å². The maximum Gasteiger partial charge on any atom is 0.257 e. The fourth-order valence-electron chi connectivity index (χ4n) is 3.13. The first-order valence-electron chi connectivity index (χ1n) is 10.1. The number of nitrogens with one attached hydrogen (secondary N) is 3. The number of halogens is 1. The van der Waals surface area contributed by atoms with Gasteiger partial charge >= 0.3 is 0 Å². The van der Waals surface area contributed by atoms with Gasteiger partial charge in [-0.1, -0.05) is 36.7 Å². The third kappa shape index (κ3) is 5.07. The number of carbonyl (C=O) groups excluding carboxylic acids is 1. The van der Waals surface area contributed by atoms with Crippen LogP contribution < -0.4 is 15.4 Å². The lowest BCUT2D eigenvalue weighted by Gasteiger charge is -2.12. The fraction of sp³-hybridized carbons (Fsp3) is 0.125. The van der Waals surface area contributed by atoms with Crippen LogP contribution in [0.2, 0.25) is 5.02 Å². The minimum atomic E-state index is -0.339. The van der Waals surface area contributed by atoms with E-state index < -0.39 is 0 Å². The second-order valence-electron chi connectivity index (χ2n) is 7.08. The van der Waals surface area contributed by atoms with Gasteiger partial charge in [-0.15, -0.1) is 0 Å². The molecule has 0 fully saturated rings. The quantitative estimate of drug-likeness (QED) is 0.314. The van der Waals surface area contributed by atoms with Gasteiger partial charge in [-0.3, -0.25) is 10.1 Å². The van der Waals surface area contributed by atoms with Gasteiger partial charge in [0.2, 0.25) is 0 Å². The lowest BCUT2D eigenvalue weighted by atomic mass is 10.2. The minimum Gasteiger partial charge on any atom is -0.494 e. The Bertz CT molecular complexity index is 1250. The molecular formula is C24H21ClN4O2S. The molecule has 6 nitrogen and oxygen atoms in total. The van der Waals surface area contributed by atoms with Crippen LogP contribution >= 0.6 is 23.8 Å². The molecule has 4 rings (SSSR count). The number of imidazole rings is 1. The smallest absolute Gasteiger partial charge is 0.257 e. The number of aromatic nitrogens is 2.